The SMILES string of the molecule is CC(/C=C/C=C(C)/C=C/[C@@]12O[C@]1(C)CCCC2(C)C)=C\C=C\C=C(C)\C=C\C=C(/C)[C@H]1C=C2C(C)(C)CCC[C@@]2(C)O1. The highest BCUT2D eigenvalue weighted by atomic mass is 16.6. The fourth-order valence-corrected chi connectivity index (χ4v) is 7.61. The van der Waals surface area contributed by atoms with Gasteiger partial charge in [0.25, 0.3) is 0 Å². The number of rotatable bonds is 9. The summed E-state index contributed by atoms with van der Waals surface area (Å²) >= 11 is 0. The smallest absolute Gasteiger partial charge is 0.121 e. The number of hydrogen-bond donors (Lipinski definition) is 0. The molecule has 0 radical (unpaired) electrons. The third-order valence-electron chi connectivity index (χ3n) is 10.3. The van der Waals surface area contributed by atoms with Gasteiger partial charge in [0.05, 0.1) is 17.3 Å². The molecule has 3 fully saturated rings. The molecule has 0 aromatic carbocycles. The van der Waals surface area contributed by atoms with E-state index in [1.54, 1.807) is 0 Å². The van der Waals surface area contributed by atoms with Crippen LogP contribution in [0, 0.1) is 10.8 Å². The molecule has 2 saturated carbocycles. The molecule has 2 heterocycles. The number of ether oxygens (including phenoxy) is 2. The van der Waals surface area contributed by atoms with Gasteiger partial charge in [0.1, 0.15) is 5.60 Å². The van der Waals surface area contributed by atoms with Gasteiger partial charge in [-0.2, -0.15) is 0 Å². The molecule has 4 atom stereocenters. The van der Waals surface area contributed by atoms with Crippen LogP contribution in [0.1, 0.15) is 108 Å². The van der Waals surface area contributed by atoms with E-state index in [0.717, 1.165) is 12.8 Å². The summed E-state index contributed by atoms with van der Waals surface area (Å²) in [5.74, 6) is 0. The molecule has 0 unspecified atom stereocenters. The van der Waals surface area contributed by atoms with Crippen LogP contribution >= 0.6 is 0 Å². The van der Waals surface area contributed by atoms with Crippen LogP contribution in [0.3, 0.4) is 0 Å². The summed E-state index contributed by atoms with van der Waals surface area (Å²) in [5, 5.41) is 0. The quantitative estimate of drug-likeness (QED) is 0.157. The highest BCUT2D eigenvalue weighted by molar-refractivity contribution is 5.38. The minimum atomic E-state index is -0.107. The van der Waals surface area contributed by atoms with Crippen molar-refractivity contribution in [3.8, 4) is 0 Å². The maximum absolute atomic E-state index is 6.56. The van der Waals surface area contributed by atoms with Crippen LogP contribution in [0.2, 0.25) is 0 Å². The van der Waals surface area contributed by atoms with Gasteiger partial charge in [-0.05, 0) is 109 Å². The fourth-order valence-electron chi connectivity index (χ4n) is 7.61. The molecule has 0 bridgehead atoms. The summed E-state index contributed by atoms with van der Waals surface area (Å²) in [6.07, 6.45) is 35.8. The molecule has 42 heavy (non-hydrogen) atoms. The van der Waals surface area contributed by atoms with Gasteiger partial charge >= 0.3 is 0 Å². The molecule has 4 rings (SSSR count). The second-order valence-electron chi connectivity index (χ2n) is 15.0. The van der Waals surface area contributed by atoms with Gasteiger partial charge in [-0.15, -0.1) is 0 Å². The van der Waals surface area contributed by atoms with Crippen LogP contribution in [0.4, 0.5) is 0 Å². The highest BCUT2D eigenvalue weighted by Crippen LogP contribution is 2.66. The van der Waals surface area contributed by atoms with Gasteiger partial charge in [-0.1, -0.05) is 111 Å². The Morgan fingerprint density at radius 1 is 0.690 bits per heavy atom. The Labute approximate surface area is 257 Å². The molecular weight excluding hydrogens is 512 g/mol. The van der Waals surface area contributed by atoms with E-state index in [1.807, 2.05) is 0 Å². The molecular formula is C40H56O2. The molecule has 2 aliphatic heterocycles. The van der Waals surface area contributed by atoms with Gasteiger partial charge in [0, 0.05) is 5.41 Å². The van der Waals surface area contributed by atoms with E-state index in [0.29, 0.717) is 0 Å². The molecule has 0 N–H and O–H groups in total. The maximum atomic E-state index is 6.56. The van der Waals surface area contributed by atoms with Gasteiger partial charge in [0.15, 0.2) is 0 Å². The molecule has 0 aromatic rings. The van der Waals surface area contributed by atoms with Crippen molar-refractivity contribution in [2.24, 2.45) is 10.8 Å². The number of allylic oxidation sites excluding steroid dienone is 14. The van der Waals surface area contributed by atoms with E-state index in [-0.39, 0.29) is 33.7 Å². The molecule has 0 spiro atoms. The van der Waals surface area contributed by atoms with E-state index in [9.17, 15) is 0 Å². The summed E-state index contributed by atoms with van der Waals surface area (Å²) in [7, 11) is 0. The Morgan fingerprint density at radius 2 is 1.26 bits per heavy atom. The zero-order valence-electron chi connectivity index (χ0n) is 28.1. The normalized spacial score (nSPS) is 35.4. The lowest BCUT2D eigenvalue weighted by atomic mass is 9.64. The molecule has 4 aliphatic rings. The highest BCUT2D eigenvalue weighted by Gasteiger charge is 2.73. The molecule has 2 heteroatoms. The van der Waals surface area contributed by atoms with Gasteiger partial charge in [0.2, 0.25) is 0 Å². The van der Waals surface area contributed by atoms with Crippen molar-refractivity contribution in [1.82, 2.24) is 0 Å². The third kappa shape index (κ3) is 6.87. The summed E-state index contributed by atoms with van der Waals surface area (Å²) < 4.78 is 12.9. The first kappa shape index (κ1) is 32.5. The van der Waals surface area contributed by atoms with Crippen molar-refractivity contribution in [1.29, 1.82) is 0 Å². The second-order valence-corrected chi connectivity index (χ2v) is 15.0. The van der Waals surface area contributed by atoms with E-state index < -0.39 is 0 Å². The van der Waals surface area contributed by atoms with Crippen LogP contribution in [-0.2, 0) is 9.47 Å². The fraction of sp³-hybridized carbons (Fsp3) is 0.550. The third-order valence-corrected chi connectivity index (χ3v) is 10.3. The van der Waals surface area contributed by atoms with Gasteiger partial charge < -0.3 is 9.47 Å². The predicted octanol–water partition coefficient (Wildman–Crippen LogP) is 11.0. The Morgan fingerprint density at radius 3 is 1.88 bits per heavy atom. The minimum absolute atomic E-state index is 0.0166. The van der Waals surface area contributed by atoms with Crippen LogP contribution in [0.15, 0.2) is 107 Å². The zero-order chi connectivity index (χ0) is 30.8. The van der Waals surface area contributed by atoms with E-state index in [2.05, 4.69) is 148 Å². The van der Waals surface area contributed by atoms with Crippen molar-refractivity contribution in [3.63, 3.8) is 0 Å². The standard InChI is InChI=1S/C40H56O2/c1-30(19-13-20-32(3)23-28-40-37(7,8)25-16-27-39(40,10)42-40)17-11-12-18-31(2)21-14-22-33(4)34-29-35-36(5,6)24-15-26-38(35,9)41-34/h11-14,17-23,28-29,34H,15-16,24-27H2,1-10H3/b12-11+,19-13+,21-14+,28-23+,30-17+,31-18+,32-20+,33-22+/t34-,38-,39-,40+/m1/s1. The average molecular weight is 569 g/mol. The molecule has 1 saturated heterocycles. The summed E-state index contributed by atoms with van der Waals surface area (Å²) in [5.41, 5.74) is 6.66. The minimum Gasteiger partial charge on any atom is -0.359 e. The molecule has 0 aromatic heterocycles. The van der Waals surface area contributed by atoms with Crippen molar-refractivity contribution in [2.75, 3.05) is 0 Å². The van der Waals surface area contributed by atoms with E-state index in [1.165, 1.54) is 53.5 Å². The van der Waals surface area contributed by atoms with Crippen molar-refractivity contribution >= 4 is 0 Å². The van der Waals surface area contributed by atoms with Crippen LogP contribution in [0.5, 0.6) is 0 Å². The lowest BCUT2D eigenvalue weighted by Gasteiger charge is -2.42. The molecule has 2 aliphatic carbocycles. The monoisotopic (exact) mass is 568 g/mol. The van der Waals surface area contributed by atoms with Crippen LogP contribution < -0.4 is 0 Å². The van der Waals surface area contributed by atoms with Crippen molar-refractivity contribution in [3.05, 3.63) is 107 Å². The van der Waals surface area contributed by atoms with Crippen LogP contribution in [-0.4, -0.2) is 22.9 Å². The lowest BCUT2D eigenvalue weighted by molar-refractivity contribution is -0.0307. The van der Waals surface area contributed by atoms with Gasteiger partial charge in [-0.3, -0.25) is 0 Å². The van der Waals surface area contributed by atoms with E-state index >= 15 is 0 Å². The number of fused-ring (bicyclic) bond motifs is 2. The summed E-state index contributed by atoms with van der Waals surface area (Å²) in [6, 6.07) is 0. The molecule has 2 nitrogen and oxygen atoms in total. The Kier molecular flexibility index (Phi) is 9.51. The first-order valence-corrected chi connectivity index (χ1v) is 16.1. The van der Waals surface area contributed by atoms with Gasteiger partial charge in [-0.25, -0.2) is 0 Å². The van der Waals surface area contributed by atoms with Crippen molar-refractivity contribution < 1.29 is 9.47 Å². The molecule has 0 amide bonds. The number of epoxide rings is 1. The molecule has 228 valence electrons. The first-order valence-electron chi connectivity index (χ1n) is 16.1. The lowest BCUT2D eigenvalue weighted by Crippen LogP contribution is -2.41. The topological polar surface area (TPSA) is 21.8 Å². The second kappa shape index (κ2) is 12.3. The Bertz CT molecular complexity index is 1300. The number of hydrogen-bond acceptors (Lipinski definition) is 2. The average Bonchev–Trinajstić information content (AvgIpc) is 3.37. The predicted molar refractivity (Wildman–Crippen MR) is 180 cm³/mol. The van der Waals surface area contributed by atoms with Crippen LogP contribution in [0.25, 0.3) is 0 Å². The van der Waals surface area contributed by atoms with E-state index in [4.69, 9.17) is 9.47 Å². The Balaban J connectivity index is 1.26. The summed E-state index contributed by atoms with van der Waals surface area (Å²) in [4.78, 5) is 0. The Hall–Kier alpha value is -2.42. The maximum Gasteiger partial charge on any atom is 0.121 e. The first-order chi connectivity index (χ1) is 19.6. The van der Waals surface area contributed by atoms with Crippen molar-refractivity contribution in [2.45, 2.75) is 131 Å². The summed E-state index contributed by atoms with van der Waals surface area (Å²) in [6.45, 7) is 22.6. The zero-order valence-corrected chi connectivity index (χ0v) is 28.1. The largest absolute Gasteiger partial charge is 0.359 e.